The average molecular weight is 202 g/mol. The van der Waals surface area contributed by atoms with Crippen LogP contribution in [0.15, 0.2) is 0 Å². The van der Waals surface area contributed by atoms with Crippen molar-refractivity contribution in [2.75, 3.05) is 26.7 Å². The van der Waals surface area contributed by atoms with Gasteiger partial charge in [-0.15, -0.1) is 0 Å². The molecule has 14 heavy (non-hydrogen) atoms. The van der Waals surface area contributed by atoms with Gasteiger partial charge in [-0.25, -0.2) is 0 Å². The fourth-order valence-corrected chi connectivity index (χ4v) is 1.00. The molecule has 84 valence electrons. The third-order valence-electron chi connectivity index (χ3n) is 2.26. The first-order valence-corrected chi connectivity index (χ1v) is 5.01. The van der Waals surface area contributed by atoms with E-state index >= 15 is 0 Å². The van der Waals surface area contributed by atoms with Gasteiger partial charge >= 0.3 is 0 Å². The Kier molecular flexibility index (Phi) is 5.72. The number of carbonyl (C=O) groups is 1. The minimum absolute atomic E-state index is 0.00722. The smallest absolute Gasteiger partial charge is 0.234 e. The summed E-state index contributed by atoms with van der Waals surface area (Å²) in [5.74, 6) is 0.00722. The van der Waals surface area contributed by atoms with Crippen LogP contribution in [-0.4, -0.2) is 48.2 Å². The highest BCUT2D eigenvalue weighted by Crippen LogP contribution is 2.06. The summed E-state index contributed by atoms with van der Waals surface area (Å²) in [4.78, 5) is 13.3. The fourth-order valence-electron chi connectivity index (χ4n) is 1.00. The minimum atomic E-state index is -0.142. The van der Waals surface area contributed by atoms with Gasteiger partial charge < -0.3 is 10.4 Å². The zero-order valence-electron chi connectivity index (χ0n) is 9.63. The molecule has 0 aliphatic heterocycles. The topological polar surface area (TPSA) is 52.6 Å². The monoisotopic (exact) mass is 202 g/mol. The maximum absolute atomic E-state index is 11.5. The number of nitrogens with one attached hydrogen (secondary N) is 1. The molecule has 0 rings (SSSR count). The lowest BCUT2D eigenvalue weighted by molar-refractivity contribution is -0.123. The van der Waals surface area contributed by atoms with E-state index in [4.69, 9.17) is 5.11 Å². The molecule has 0 aromatic rings. The first-order chi connectivity index (χ1) is 6.41. The Balaban J connectivity index is 3.86. The molecule has 0 unspecified atom stereocenters. The van der Waals surface area contributed by atoms with Gasteiger partial charge in [-0.3, -0.25) is 9.69 Å². The Morgan fingerprint density at radius 2 is 2.07 bits per heavy atom. The predicted octanol–water partition coefficient (Wildman–Crippen LogP) is 0.215. The third-order valence-corrected chi connectivity index (χ3v) is 2.26. The van der Waals surface area contributed by atoms with Crippen LogP contribution in [0.4, 0.5) is 0 Å². The maximum atomic E-state index is 11.5. The summed E-state index contributed by atoms with van der Waals surface area (Å²) in [6.45, 7) is 6.98. The molecule has 0 fully saturated rings. The van der Waals surface area contributed by atoms with Crippen molar-refractivity contribution < 1.29 is 9.90 Å². The molecule has 0 aromatic heterocycles. The molecule has 4 nitrogen and oxygen atoms in total. The van der Waals surface area contributed by atoms with Crippen molar-refractivity contribution in [1.82, 2.24) is 10.2 Å². The standard InChI is InChI=1S/C10H22N2O2/c1-5-10(2,3)11-9(14)8-12(4)6-7-13/h13H,5-8H2,1-4H3,(H,11,14). The Hall–Kier alpha value is -0.610. The van der Waals surface area contributed by atoms with E-state index in [1.54, 1.807) is 4.90 Å². The van der Waals surface area contributed by atoms with Crippen molar-refractivity contribution in [2.45, 2.75) is 32.7 Å². The number of likely N-dealkylation sites (N-methyl/N-ethyl adjacent to an activating group) is 1. The number of nitrogens with zero attached hydrogens (tertiary/aromatic N) is 1. The predicted molar refractivity (Wildman–Crippen MR) is 57.1 cm³/mol. The molecule has 0 aliphatic rings. The number of aliphatic hydroxyl groups excluding tert-OH is 1. The summed E-state index contributed by atoms with van der Waals surface area (Å²) in [6.07, 6.45) is 0.905. The van der Waals surface area contributed by atoms with Crippen LogP contribution < -0.4 is 5.32 Å². The Morgan fingerprint density at radius 1 is 1.50 bits per heavy atom. The van der Waals surface area contributed by atoms with Crippen LogP contribution in [0.1, 0.15) is 27.2 Å². The van der Waals surface area contributed by atoms with E-state index in [1.165, 1.54) is 0 Å². The van der Waals surface area contributed by atoms with Gasteiger partial charge in [0.05, 0.1) is 13.2 Å². The highest BCUT2D eigenvalue weighted by molar-refractivity contribution is 5.78. The molecule has 0 bridgehead atoms. The van der Waals surface area contributed by atoms with Gasteiger partial charge in [0.1, 0.15) is 0 Å². The van der Waals surface area contributed by atoms with Crippen molar-refractivity contribution in [2.24, 2.45) is 0 Å². The van der Waals surface area contributed by atoms with Crippen LogP contribution >= 0.6 is 0 Å². The minimum Gasteiger partial charge on any atom is -0.395 e. The van der Waals surface area contributed by atoms with E-state index in [-0.39, 0.29) is 18.1 Å². The Labute approximate surface area is 86.3 Å². The Bertz CT molecular complexity index is 181. The molecule has 0 spiro atoms. The normalized spacial score (nSPS) is 11.9. The number of hydrogen-bond donors (Lipinski definition) is 2. The number of amides is 1. The van der Waals surface area contributed by atoms with Gasteiger partial charge in [0.15, 0.2) is 0 Å². The number of hydrogen-bond acceptors (Lipinski definition) is 3. The summed E-state index contributed by atoms with van der Waals surface area (Å²) in [5, 5.41) is 11.6. The van der Waals surface area contributed by atoms with E-state index in [2.05, 4.69) is 5.32 Å². The Morgan fingerprint density at radius 3 is 2.50 bits per heavy atom. The second kappa shape index (κ2) is 5.98. The molecule has 1 amide bonds. The van der Waals surface area contributed by atoms with E-state index in [0.717, 1.165) is 6.42 Å². The largest absolute Gasteiger partial charge is 0.395 e. The molecule has 0 aromatic carbocycles. The maximum Gasteiger partial charge on any atom is 0.234 e. The molecule has 0 saturated heterocycles. The van der Waals surface area contributed by atoms with Gasteiger partial charge in [-0.05, 0) is 27.3 Å². The highest BCUT2D eigenvalue weighted by atomic mass is 16.3. The quantitative estimate of drug-likeness (QED) is 0.647. The zero-order valence-corrected chi connectivity index (χ0v) is 9.63. The van der Waals surface area contributed by atoms with E-state index < -0.39 is 0 Å². The summed E-state index contributed by atoms with van der Waals surface area (Å²) in [7, 11) is 1.81. The zero-order chi connectivity index (χ0) is 11.2. The lowest BCUT2D eigenvalue weighted by Gasteiger charge is -2.26. The molecular formula is C10H22N2O2. The van der Waals surface area contributed by atoms with Crippen molar-refractivity contribution >= 4 is 5.91 Å². The van der Waals surface area contributed by atoms with Gasteiger partial charge in [-0.2, -0.15) is 0 Å². The summed E-state index contributed by atoms with van der Waals surface area (Å²) in [6, 6.07) is 0. The molecule has 0 atom stereocenters. The van der Waals surface area contributed by atoms with Crippen LogP contribution in [0.3, 0.4) is 0 Å². The van der Waals surface area contributed by atoms with Gasteiger partial charge in [0.2, 0.25) is 5.91 Å². The molecule has 0 radical (unpaired) electrons. The third kappa shape index (κ3) is 5.94. The molecule has 0 saturated carbocycles. The van der Waals surface area contributed by atoms with Crippen molar-refractivity contribution in [3.05, 3.63) is 0 Å². The van der Waals surface area contributed by atoms with Crippen molar-refractivity contribution in [3.8, 4) is 0 Å². The molecule has 0 heterocycles. The summed E-state index contributed by atoms with van der Waals surface area (Å²) in [5.41, 5.74) is -0.142. The second-order valence-electron chi connectivity index (χ2n) is 4.25. The van der Waals surface area contributed by atoms with Crippen LogP contribution in [0.2, 0.25) is 0 Å². The number of carbonyl (C=O) groups excluding carboxylic acids is 1. The van der Waals surface area contributed by atoms with E-state index in [9.17, 15) is 4.79 Å². The van der Waals surface area contributed by atoms with E-state index in [1.807, 2.05) is 27.8 Å². The van der Waals surface area contributed by atoms with Crippen molar-refractivity contribution in [1.29, 1.82) is 0 Å². The molecule has 4 heteroatoms. The summed E-state index contributed by atoms with van der Waals surface area (Å²) >= 11 is 0. The van der Waals surface area contributed by atoms with Crippen molar-refractivity contribution in [3.63, 3.8) is 0 Å². The first kappa shape index (κ1) is 13.4. The lowest BCUT2D eigenvalue weighted by Crippen LogP contribution is -2.47. The molecular weight excluding hydrogens is 180 g/mol. The van der Waals surface area contributed by atoms with Gasteiger partial charge in [0, 0.05) is 12.1 Å². The summed E-state index contributed by atoms with van der Waals surface area (Å²) < 4.78 is 0. The van der Waals surface area contributed by atoms with Crippen LogP contribution in [0, 0.1) is 0 Å². The van der Waals surface area contributed by atoms with Crippen LogP contribution in [-0.2, 0) is 4.79 Å². The second-order valence-corrected chi connectivity index (χ2v) is 4.25. The van der Waals surface area contributed by atoms with Gasteiger partial charge in [0.25, 0.3) is 0 Å². The average Bonchev–Trinajstić information content (AvgIpc) is 2.03. The molecule has 0 aliphatic carbocycles. The van der Waals surface area contributed by atoms with Crippen LogP contribution in [0.25, 0.3) is 0 Å². The number of rotatable bonds is 6. The van der Waals surface area contributed by atoms with E-state index in [0.29, 0.717) is 13.1 Å². The SMILES string of the molecule is CCC(C)(C)NC(=O)CN(C)CCO. The fraction of sp³-hybridized carbons (Fsp3) is 0.900. The lowest BCUT2D eigenvalue weighted by atomic mass is 10.0. The first-order valence-electron chi connectivity index (χ1n) is 5.01. The number of aliphatic hydroxyl groups is 1. The molecule has 2 N–H and O–H groups in total. The highest BCUT2D eigenvalue weighted by Gasteiger charge is 2.18. The van der Waals surface area contributed by atoms with Crippen LogP contribution in [0.5, 0.6) is 0 Å². The van der Waals surface area contributed by atoms with Gasteiger partial charge in [-0.1, -0.05) is 6.92 Å².